The van der Waals surface area contributed by atoms with E-state index in [1.807, 2.05) is 0 Å². The molecule has 2 N–H and O–H groups in total. The van der Waals surface area contributed by atoms with E-state index in [2.05, 4.69) is 20.8 Å². The summed E-state index contributed by atoms with van der Waals surface area (Å²) in [4.78, 5) is 16.9. The van der Waals surface area contributed by atoms with Gasteiger partial charge < -0.3 is 15.2 Å². The third-order valence-electron chi connectivity index (χ3n) is 6.54. The number of hydrogen-bond donors (Lipinski definition) is 2. The average molecular weight is 412 g/mol. The second kappa shape index (κ2) is 7.29. The largest absolute Gasteiger partial charge is 0.339 e. The number of amides is 2. The van der Waals surface area contributed by atoms with Gasteiger partial charge in [-0.1, -0.05) is 24.4 Å². The lowest BCUT2D eigenvalue weighted by Gasteiger charge is -2.26. The minimum atomic E-state index is -3.30. The molecule has 3 atom stereocenters. The summed E-state index contributed by atoms with van der Waals surface area (Å²) in [6.07, 6.45) is 8.18. The van der Waals surface area contributed by atoms with E-state index in [-0.39, 0.29) is 24.0 Å². The summed E-state index contributed by atoms with van der Waals surface area (Å²) in [6, 6.07) is 0.0825. The molecule has 1 unspecified atom stereocenters. The second-order valence-electron chi connectivity index (χ2n) is 8.64. The van der Waals surface area contributed by atoms with Gasteiger partial charge in [0.2, 0.25) is 15.9 Å². The van der Waals surface area contributed by atoms with Crippen LogP contribution in [0, 0.1) is 12.8 Å². The van der Waals surface area contributed by atoms with Crippen LogP contribution in [0.2, 0.25) is 0 Å². The lowest BCUT2D eigenvalue weighted by atomic mass is 9.80. The highest BCUT2D eigenvalue weighted by molar-refractivity contribution is 7.88. The van der Waals surface area contributed by atoms with Gasteiger partial charge in [0.15, 0.2) is 5.82 Å². The highest BCUT2D eigenvalue weighted by atomic mass is 32.2. The minimum Gasteiger partial charge on any atom is -0.339 e. The fraction of sp³-hybridized carbons (Fsp3) is 0.833. The molecule has 0 radical (unpaired) electrons. The van der Waals surface area contributed by atoms with Crippen LogP contribution >= 0.6 is 0 Å². The van der Waals surface area contributed by atoms with Crippen molar-refractivity contribution in [3.8, 4) is 0 Å². The van der Waals surface area contributed by atoms with E-state index in [9.17, 15) is 13.2 Å². The molecule has 1 aromatic rings. The predicted octanol–water partition coefficient (Wildman–Crippen LogP) is 1.30. The maximum absolute atomic E-state index is 12.5. The molecular weight excluding hydrogens is 382 g/mol. The molecule has 2 saturated carbocycles. The Morgan fingerprint density at radius 2 is 1.93 bits per heavy atom. The van der Waals surface area contributed by atoms with Crippen molar-refractivity contribution in [1.29, 1.82) is 0 Å². The molecule has 28 heavy (non-hydrogen) atoms. The first-order chi connectivity index (χ1) is 13.3. The zero-order valence-electron chi connectivity index (χ0n) is 16.5. The van der Waals surface area contributed by atoms with Gasteiger partial charge in [0, 0.05) is 25.2 Å². The van der Waals surface area contributed by atoms with Crippen LogP contribution in [0.1, 0.15) is 56.7 Å². The Hall–Kier alpha value is -1.68. The summed E-state index contributed by atoms with van der Waals surface area (Å²) in [5.74, 6) is 1.06. The third kappa shape index (κ3) is 3.76. The molecule has 1 aromatic heterocycles. The van der Waals surface area contributed by atoms with Crippen molar-refractivity contribution in [1.82, 2.24) is 25.1 Å². The van der Waals surface area contributed by atoms with E-state index in [4.69, 9.17) is 4.52 Å². The maximum atomic E-state index is 12.5. The summed E-state index contributed by atoms with van der Waals surface area (Å²) in [6.45, 7) is 2.49. The molecule has 156 valence electrons. The van der Waals surface area contributed by atoms with E-state index in [0.29, 0.717) is 37.6 Å². The molecule has 1 saturated heterocycles. The number of sulfonamides is 1. The van der Waals surface area contributed by atoms with Gasteiger partial charge >= 0.3 is 6.03 Å². The molecule has 10 heteroatoms. The topological polar surface area (TPSA) is 117 Å². The summed E-state index contributed by atoms with van der Waals surface area (Å²) in [7, 11) is -3.30. The summed E-state index contributed by atoms with van der Waals surface area (Å²) >= 11 is 0. The molecule has 4 rings (SSSR count). The van der Waals surface area contributed by atoms with Crippen LogP contribution in [-0.4, -0.2) is 60.3 Å². The van der Waals surface area contributed by atoms with Crippen LogP contribution in [0.3, 0.4) is 0 Å². The van der Waals surface area contributed by atoms with Crippen molar-refractivity contribution in [2.45, 2.75) is 69.4 Å². The molecule has 2 aliphatic carbocycles. The van der Waals surface area contributed by atoms with Gasteiger partial charge in [-0.2, -0.15) is 4.98 Å². The summed E-state index contributed by atoms with van der Waals surface area (Å²) < 4.78 is 31.2. The molecule has 0 aromatic carbocycles. The van der Waals surface area contributed by atoms with Crippen LogP contribution in [0.15, 0.2) is 4.52 Å². The molecule has 3 fully saturated rings. The van der Waals surface area contributed by atoms with Gasteiger partial charge in [-0.25, -0.2) is 17.5 Å². The van der Waals surface area contributed by atoms with Crippen molar-refractivity contribution >= 4 is 16.1 Å². The number of nitrogens with one attached hydrogen (secondary N) is 2. The molecule has 3 aliphatic rings. The molecule has 1 aliphatic heterocycles. The monoisotopic (exact) mass is 411 g/mol. The Kier molecular flexibility index (Phi) is 5.11. The number of fused-ring (bicyclic) bond motifs is 1. The number of urea groups is 1. The Morgan fingerprint density at radius 1 is 1.21 bits per heavy atom. The molecule has 9 nitrogen and oxygen atoms in total. The lowest BCUT2D eigenvalue weighted by molar-refractivity contribution is 0.226. The Bertz CT molecular complexity index is 835. The summed E-state index contributed by atoms with van der Waals surface area (Å²) in [5, 5.41) is 10.1. The number of aryl methyl sites for hydroxylation is 1. The number of aromatic nitrogens is 2. The highest BCUT2D eigenvalue weighted by Gasteiger charge is 2.59. The fourth-order valence-corrected chi connectivity index (χ4v) is 6.09. The van der Waals surface area contributed by atoms with Crippen LogP contribution in [0.4, 0.5) is 4.79 Å². The highest BCUT2D eigenvalue weighted by Crippen LogP contribution is 2.50. The smallest absolute Gasteiger partial charge is 0.315 e. The first-order valence-corrected chi connectivity index (χ1v) is 11.9. The van der Waals surface area contributed by atoms with E-state index in [1.165, 1.54) is 17.0 Å². The number of rotatable bonds is 4. The van der Waals surface area contributed by atoms with Crippen molar-refractivity contribution in [3.63, 3.8) is 0 Å². The molecular formula is C18H29N5O4S. The van der Waals surface area contributed by atoms with Gasteiger partial charge in [0.05, 0.1) is 11.7 Å². The predicted molar refractivity (Wildman–Crippen MR) is 102 cm³/mol. The quantitative estimate of drug-likeness (QED) is 0.771. The second-order valence-corrected chi connectivity index (χ2v) is 10.6. The van der Waals surface area contributed by atoms with Gasteiger partial charge in [0.25, 0.3) is 0 Å². The SMILES string of the molecule is Cc1noc([C@]23C[C@H](NC(=O)NC4CCCCC4)CC2CN(S(C)(=O)=O)C3)n1. The summed E-state index contributed by atoms with van der Waals surface area (Å²) in [5.41, 5.74) is -0.535. The Morgan fingerprint density at radius 3 is 2.57 bits per heavy atom. The third-order valence-corrected chi connectivity index (χ3v) is 7.76. The van der Waals surface area contributed by atoms with Gasteiger partial charge in [-0.05, 0) is 38.5 Å². The minimum absolute atomic E-state index is 0.0393. The zero-order valence-corrected chi connectivity index (χ0v) is 17.3. The fourth-order valence-electron chi connectivity index (χ4n) is 5.18. The molecule has 0 bridgehead atoms. The van der Waals surface area contributed by atoms with Crippen molar-refractivity contribution in [2.24, 2.45) is 5.92 Å². The van der Waals surface area contributed by atoms with Gasteiger partial charge in [-0.15, -0.1) is 0 Å². The zero-order chi connectivity index (χ0) is 19.9. The Labute approximate surface area is 165 Å². The van der Waals surface area contributed by atoms with E-state index >= 15 is 0 Å². The average Bonchev–Trinajstić information content (AvgIpc) is 3.27. The lowest BCUT2D eigenvalue weighted by Crippen LogP contribution is -2.47. The first-order valence-electron chi connectivity index (χ1n) is 10.1. The van der Waals surface area contributed by atoms with Gasteiger partial charge in [-0.3, -0.25) is 0 Å². The van der Waals surface area contributed by atoms with E-state index in [1.54, 1.807) is 6.92 Å². The van der Waals surface area contributed by atoms with E-state index < -0.39 is 15.4 Å². The normalized spacial score (nSPS) is 31.6. The number of hydrogen-bond acceptors (Lipinski definition) is 6. The van der Waals surface area contributed by atoms with Crippen molar-refractivity contribution < 1.29 is 17.7 Å². The Balaban J connectivity index is 1.47. The first kappa shape index (κ1) is 19.6. The van der Waals surface area contributed by atoms with Gasteiger partial charge in [0.1, 0.15) is 0 Å². The maximum Gasteiger partial charge on any atom is 0.315 e. The van der Waals surface area contributed by atoms with Crippen LogP contribution in [0.25, 0.3) is 0 Å². The van der Waals surface area contributed by atoms with Crippen LogP contribution in [0.5, 0.6) is 0 Å². The molecule has 2 heterocycles. The molecule has 0 spiro atoms. The number of carbonyl (C=O) groups excluding carboxylic acids is 1. The molecule has 2 amide bonds. The van der Waals surface area contributed by atoms with E-state index in [0.717, 1.165) is 25.7 Å². The number of nitrogens with zero attached hydrogens (tertiary/aromatic N) is 3. The van der Waals surface area contributed by atoms with Crippen molar-refractivity contribution in [3.05, 3.63) is 11.7 Å². The van der Waals surface area contributed by atoms with Crippen LogP contribution in [-0.2, 0) is 15.4 Å². The van der Waals surface area contributed by atoms with Crippen LogP contribution < -0.4 is 10.6 Å². The van der Waals surface area contributed by atoms with Crippen molar-refractivity contribution in [2.75, 3.05) is 19.3 Å². The standard InChI is InChI=1S/C18H29N5O4S/c1-12-19-16(27-22-12)18-9-15(8-13(18)10-23(11-18)28(2,25)26)21-17(24)20-14-6-4-3-5-7-14/h13-15H,3-11H2,1-2H3,(H2,20,21,24)/t13?,15-,18+/m1/s1. The number of carbonyl (C=O) groups is 1.